The van der Waals surface area contributed by atoms with Gasteiger partial charge in [-0.1, -0.05) is 12.8 Å². The van der Waals surface area contributed by atoms with Crippen LogP contribution in [0.4, 0.5) is 0 Å². The van der Waals surface area contributed by atoms with Gasteiger partial charge in [-0.3, -0.25) is 0 Å². The van der Waals surface area contributed by atoms with Crippen molar-refractivity contribution in [1.82, 2.24) is 0 Å². The fourth-order valence-electron chi connectivity index (χ4n) is 1.84. The Balaban J connectivity index is 2.36. The van der Waals surface area contributed by atoms with Gasteiger partial charge in [0.25, 0.3) is 0 Å². The summed E-state index contributed by atoms with van der Waals surface area (Å²) < 4.78 is 0. The van der Waals surface area contributed by atoms with Crippen molar-refractivity contribution in [2.24, 2.45) is 5.73 Å². The molecule has 60 valence electrons. The molecular weight excluding hydrogens is 126 g/mol. The van der Waals surface area contributed by atoms with Crippen molar-refractivity contribution in [3.63, 3.8) is 0 Å². The van der Waals surface area contributed by atoms with Gasteiger partial charge in [-0.25, -0.2) is 0 Å². The van der Waals surface area contributed by atoms with Crippen LogP contribution in [0.2, 0.25) is 0 Å². The van der Waals surface area contributed by atoms with Crippen molar-refractivity contribution < 1.29 is 5.11 Å². The topological polar surface area (TPSA) is 46.2 Å². The average molecular weight is 143 g/mol. The SMILES string of the molecule is C[C@@H](N)CC1(O)CCCC1. The van der Waals surface area contributed by atoms with Crippen LogP contribution in [0.1, 0.15) is 39.0 Å². The number of nitrogens with two attached hydrogens (primary N) is 1. The molecule has 0 saturated heterocycles. The normalized spacial score (nSPS) is 26.7. The number of hydrogen-bond donors (Lipinski definition) is 2. The predicted molar refractivity (Wildman–Crippen MR) is 41.7 cm³/mol. The van der Waals surface area contributed by atoms with Crippen molar-refractivity contribution in [2.75, 3.05) is 0 Å². The smallest absolute Gasteiger partial charge is 0.0662 e. The molecule has 10 heavy (non-hydrogen) atoms. The second kappa shape index (κ2) is 2.89. The van der Waals surface area contributed by atoms with Gasteiger partial charge in [0, 0.05) is 6.04 Å². The van der Waals surface area contributed by atoms with E-state index in [4.69, 9.17) is 5.73 Å². The second-order valence-corrected chi connectivity index (χ2v) is 3.61. The van der Waals surface area contributed by atoms with Gasteiger partial charge >= 0.3 is 0 Å². The van der Waals surface area contributed by atoms with Crippen LogP contribution < -0.4 is 5.73 Å². The third-order valence-electron chi connectivity index (χ3n) is 2.24. The number of rotatable bonds is 2. The highest BCUT2D eigenvalue weighted by Gasteiger charge is 2.31. The zero-order valence-corrected chi connectivity index (χ0v) is 6.64. The molecule has 1 saturated carbocycles. The Morgan fingerprint density at radius 2 is 2.00 bits per heavy atom. The summed E-state index contributed by atoms with van der Waals surface area (Å²) in [7, 11) is 0. The van der Waals surface area contributed by atoms with Crippen molar-refractivity contribution in [3.05, 3.63) is 0 Å². The fourth-order valence-corrected chi connectivity index (χ4v) is 1.84. The quantitative estimate of drug-likeness (QED) is 0.606. The van der Waals surface area contributed by atoms with E-state index in [0.29, 0.717) is 0 Å². The molecular formula is C8H17NO. The van der Waals surface area contributed by atoms with Crippen molar-refractivity contribution in [1.29, 1.82) is 0 Å². The van der Waals surface area contributed by atoms with E-state index in [1.165, 1.54) is 12.8 Å². The van der Waals surface area contributed by atoms with E-state index in [0.717, 1.165) is 19.3 Å². The molecule has 1 atom stereocenters. The van der Waals surface area contributed by atoms with Crippen LogP contribution in [-0.4, -0.2) is 16.7 Å². The van der Waals surface area contributed by atoms with Gasteiger partial charge in [-0.2, -0.15) is 0 Å². The Morgan fingerprint density at radius 3 is 2.40 bits per heavy atom. The lowest BCUT2D eigenvalue weighted by molar-refractivity contribution is 0.0338. The maximum absolute atomic E-state index is 9.78. The lowest BCUT2D eigenvalue weighted by atomic mass is 9.94. The highest BCUT2D eigenvalue weighted by molar-refractivity contribution is 4.86. The van der Waals surface area contributed by atoms with Crippen LogP contribution in [0.5, 0.6) is 0 Å². The van der Waals surface area contributed by atoms with Gasteiger partial charge in [0.05, 0.1) is 5.60 Å². The van der Waals surface area contributed by atoms with E-state index in [-0.39, 0.29) is 6.04 Å². The second-order valence-electron chi connectivity index (χ2n) is 3.61. The summed E-state index contributed by atoms with van der Waals surface area (Å²) >= 11 is 0. The van der Waals surface area contributed by atoms with Crippen LogP contribution in [0.25, 0.3) is 0 Å². The van der Waals surface area contributed by atoms with Crippen LogP contribution >= 0.6 is 0 Å². The maximum atomic E-state index is 9.78. The van der Waals surface area contributed by atoms with Gasteiger partial charge in [0.15, 0.2) is 0 Å². The van der Waals surface area contributed by atoms with Gasteiger partial charge < -0.3 is 10.8 Å². The fraction of sp³-hybridized carbons (Fsp3) is 1.00. The molecule has 2 heteroatoms. The van der Waals surface area contributed by atoms with Crippen molar-refractivity contribution >= 4 is 0 Å². The van der Waals surface area contributed by atoms with E-state index >= 15 is 0 Å². The molecule has 2 nitrogen and oxygen atoms in total. The summed E-state index contributed by atoms with van der Waals surface area (Å²) in [6.07, 6.45) is 5.02. The molecule has 1 fully saturated rings. The summed E-state index contributed by atoms with van der Waals surface area (Å²) in [6.45, 7) is 1.95. The minimum Gasteiger partial charge on any atom is -0.390 e. The van der Waals surface area contributed by atoms with Crippen LogP contribution in [0, 0.1) is 0 Å². The Bertz CT molecular complexity index is 106. The molecule has 1 aliphatic carbocycles. The molecule has 1 aliphatic rings. The van der Waals surface area contributed by atoms with Crippen LogP contribution in [0.15, 0.2) is 0 Å². The molecule has 0 aromatic rings. The Labute approximate surface area is 62.4 Å². The van der Waals surface area contributed by atoms with Gasteiger partial charge in [0.2, 0.25) is 0 Å². The summed E-state index contributed by atoms with van der Waals surface area (Å²) in [5.41, 5.74) is 5.19. The first-order valence-electron chi connectivity index (χ1n) is 4.10. The first-order valence-corrected chi connectivity index (χ1v) is 4.10. The Kier molecular flexibility index (Phi) is 2.32. The van der Waals surface area contributed by atoms with Crippen molar-refractivity contribution in [2.45, 2.75) is 50.7 Å². The first kappa shape index (κ1) is 8.02. The molecule has 0 radical (unpaired) electrons. The highest BCUT2D eigenvalue weighted by Crippen LogP contribution is 2.32. The third kappa shape index (κ3) is 1.96. The van der Waals surface area contributed by atoms with Crippen molar-refractivity contribution in [3.8, 4) is 0 Å². The first-order chi connectivity index (χ1) is 4.62. The average Bonchev–Trinajstić information content (AvgIpc) is 2.12. The molecule has 0 unspecified atom stereocenters. The Hall–Kier alpha value is -0.0800. The van der Waals surface area contributed by atoms with E-state index in [9.17, 15) is 5.11 Å². The molecule has 3 N–H and O–H groups in total. The predicted octanol–water partition coefficient (Wildman–Crippen LogP) is 1.03. The standard InChI is InChI=1S/C8H17NO/c1-7(9)6-8(10)4-2-3-5-8/h7,10H,2-6,9H2,1H3/t7-/m1/s1. The van der Waals surface area contributed by atoms with Gasteiger partial charge in [0.1, 0.15) is 0 Å². The number of aliphatic hydroxyl groups is 1. The van der Waals surface area contributed by atoms with E-state index in [1.54, 1.807) is 0 Å². The number of hydrogen-bond acceptors (Lipinski definition) is 2. The van der Waals surface area contributed by atoms with E-state index < -0.39 is 5.60 Å². The highest BCUT2D eigenvalue weighted by atomic mass is 16.3. The molecule has 0 amide bonds. The molecule has 1 rings (SSSR count). The summed E-state index contributed by atoms with van der Waals surface area (Å²) in [5.74, 6) is 0. The summed E-state index contributed by atoms with van der Waals surface area (Å²) in [6, 6.07) is 0.142. The van der Waals surface area contributed by atoms with E-state index in [1.807, 2.05) is 6.92 Å². The lowest BCUT2D eigenvalue weighted by Crippen LogP contribution is -2.32. The minimum atomic E-state index is -0.409. The molecule has 0 spiro atoms. The van der Waals surface area contributed by atoms with Crippen LogP contribution in [-0.2, 0) is 0 Å². The lowest BCUT2D eigenvalue weighted by Gasteiger charge is -2.23. The maximum Gasteiger partial charge on any atom is 0.0662 e. The molecule has 0 aromatic heterocycles. The molecule has 0 bridgehead atoms. The molecule has 0 aromatic carbocycles. The largest absolute Gasteiger partial charge is 0.390 e. The van der Waals surface area contributed by atoms with Crippen LogP contribution in [0.3, 0.4) is 0 Å². The summed E-state index contributed by atoms with van der Waals surface area (Å²) in [4.78, 5) is 0. The zero-order valence-electron chi connectivity index (χ0n) is 6.64. The Morgan fingerprint density at radius 1 is 1.50 bits per heavy atom. The van der Waals surface area contributed by atoms with E-state index in [2.05, 4.69) is 0 Å². The monoisotopic (exact) mass is 143 g/mol. The summed E-state index contributed by atoms with van der Waals surface area (Å²) in [5, 5.41) is 9.78. The molecule has 0 heterocycles. The zero-order chi connectivity index (χ0) is 7.61. The minimum absolute atomic E-state index is 0.142. The molecule has 0 aliphatic heterocycles. The van der Waals surface area contributed by atoms with Gasteiger partial charge in [-0.05, 0) is 26.2 Å². The third-order valence-corrected chi connectivity index (χ3v) is 2.24. The van der Waals surface area contributed by atoms with Gasteiger partial charge in [-0.15, -0.1) is 0 Å².